The normalized spacial score (nSPS) is 16.9. The molecular formula is C35H37FN4O5. The van der Waals surface area contributed by atoms with Crippen molar-refractivity contribution in [3.05, 3.63) is 99.4 Å². The molecule has 0 aromatic heterocycles. The minimum absolute atomic E-state index is 0.00107. The van der Waals surface area contributed by atoms with Crippen molar-refractivity contribution in [2.45, 2.75) is 77.9 Å². The van der Waals surface area contributed by atoms with E-state index in [1.165, 1.54) is 17.2 Å². The summed E-state index contributed by atoms with van der Waals surface area (Å²) in [5.41, 5.74) is 5.32. The van der Waals surface area contributed by atoms with Gasteiger partial charge in [0.25, 0.3) is 11.8 Å². The van der Waals surface area contributed by atoms with Gasteiger partial charge in [-0.2, -0.15) is 0 Å². The van der Waals surface area contributed by atoms with Crippen LogP contribution in [0.15, 0.2) is 54.6 Å². The van der Waals surface area contributed by atoms with Gasteiger partial charge < -0.3 is 10.6 Å². The Labute approximate surface area is 261 Å². The molecule has 2 atom stereocenters. The van der Waals surface area contributed by atoms with Gasteiger partial charge in [0.15, 0.2) is 0 Å². The monoisotopic (exact) mass is 612 g/mol. The largest absolute Gasteiger partial charge is 0.379 e. The van der Waals surface area contributed by atoms with Crippen LogP contribution in [0.2, 0.25) is 0 Å². The molecule has 234 valence electrons. The van der Waals surface area contributed by atoms with E-state index in [2.05, 4.69) is 55.8 Å². The molecule has 0 radical (unpaired) electrons. The van der Waals surface area contributed by atoms with Gasteiger partial charge >= 0.3 is 0 Å². The standard InChI is InChI=1S/C35H37FN4O5/c1-19(2)25-14-23(12-20(3)21(25)4)18-37-32(42)15-24(13-22-8-6-5-7-9-22)38-29-17-27-26(16-28(29)36)34(44)40(35(27)45)30-10-11-31(41)39-33(30)43/h5-9,12,14,16-17,19,24,30,38H,10-11,13,15,18H2,1-4H3,(H,37,42)(H,39,41,43). The highest BCUT2D eigenvalue weighted by Crippen LogP contribution is 2.32. The molecule has 0 aliphatic carbocycles. The predicted molar refractivity (Wildman–Crippen MR) is 167 cm³/mol. The lowest BCUT2D eigenvalue weighted by Gasteiger charge is -2.27. The number of aryl methyl sites for hydroxylation is 1. The minimum atomic E-state index is -1.15. The van der Waals surface area contributed by atoms with Crippen molar-refractivity contribution in [2.24, 2.45) is 0 Å². The van der Waals surface area contributed by atoms with E-state index in [1.807, 2.05) is 30.3 Å². The maximum absolute atomic E-state index is 15.5. The highest BCUT2D eigenvalue weighted by Gasteiger charge is 2.45. The van der Waals surface area contributed by atoms with Gasteiger partial charge in [0.05, 0.1) is 16.8 Å². The number of benzene rings is 3. The Hall–Kier alpha value is -4.86. The lowest BCUT2D eigenvalue weighted by Crippen LogP contribution is -2.54. The Morgan fingerprint density at radius 3 is 2.33 bits per heavy atom. The predicted octanol–water partition coefficient (Wildman–Crippen LogP) is 4.70. The van der Waals surface area contributed by atoms with E-state index >= 15 is 4.39 Å². The van der Waals surface area contributed by atoms with Crippen molar-refractivity contribution < 1.29 is 28.4 Å². The van der Waals surface area contributed by atoms with E-state index in [4.69, 9.17) is 0 Å². The quantitative estimate of drug-likeness (QED) is 0.285. The lowest BCUT2D eigenvalue weighted by molar-refractivity contribution is -0.136. The first kappa shape index (κ1) is 31.6. The van der Waals surface area contributed by atoms with Crippen LogP contribution >= 0.6 is 0 Å². The molecule has 2 unspecified atom stereocenters. The third kappa shape index (κ3) is 6.79. The summed E-state index contributed by atoms with van der Waals surface area (Å²) >= 11 is 0. The Kier molecular flexibility index (Phi) is 9.13. The summed E-state index contributed by atoms with van der Waals surface area (Å²) < 4.78 is 15.5. The van der Waals surface area contributed by atoms with Gasteiger partial charge in [-0.15, -0.1) is 0 Å². The van der Waals surface area contributed by atoms with Crippen LogP contribution in [0.1, 0.15) is 87.6 Å². The van der Waals surface area contributed by atoms with Gasteiger partial charge in [0, 0.05) is 25.4 Å². The molecule has 1 saturated heterocycles. The fourth-order valence-corrected chi connectivity index (χ4v) is 6.06. The average molecular weight is 613 g/mol. The third-order valence-corrected chi connectivity index (χ3v) is 8.52. The maximum Gasteiger partial charge on any atom is 0.262 e. The molecule has 45 heavy (non-hydrogen) atoms. The summed E-state index contributed by atoms with van der Waals surface area (Å²) in [5, 5.41) is 8.24. The third-order valence-electron chi connectivity index (χ3n) is 8.52. The topological polar surface area (TPSA) is 125 Å². The number of hydrogen-bond acceptors (Lipinski definition) is 6. The average Bonchev–Trinajstić information content (AvgIpc) is 3.22. The number of fused-ring (bicyclic) bond motifs is 1. The van der Waals surface area contributed by atoms with E-state index in [0.717, 1.165) is 27.7 Å². The molecule has 1 fully saturated rings. The van der Waals surface area contributed by atoms with Gasteiger partial charge in [0.2, 0.25) is 17.7 Å². The number of anilines is 1. The number of rotatable bonds is 10. The maximum atomic E-state index is 15.5. The number of halogens is 1. The van der Waals surface area contributed by atoms with Gasteiger partial charge in [-0.05, 0) is 72.6 Å². The fraction of sp³-hybridized carbons (Fsp3) is 0.343. The second-order valence-electron chi connectivity index (χ2n) is 12.1. The molecule has 2 aliphatic heterocycles. The van der Waals surface area contributed by atoms with E-state index in [1.54, 1.807) is 0 Å². The second kappa shape index (κ2) is 13.0. The van der Waals surface area contributed by atoms with E-state index in [9.17, 15) is 24.0 Å². The summed E-state index contributed by atoms with van der Waals surface area (Å²) in [4.78, 5) is 64.4. The molecule has 0 saturated carbocycles. The molecule has 0 bridgehead atoms. The van der Waals surface area contributed by atoms with Crippen LogP contribution < -0.4 is 16.0 Å². The van der Waals surface area contributed by atoms with Crippen molar-refractivity contribution in [1.82, 2.24) is 15.5 Å². The van der Waals surface area contributed by atoms with Crippen molar-refractivity contribution >= 4 is 35.2 Å². The fourth-order valence-electron chi connectivity index (χ4n) is 6.06. The zero-order valence-electron chi connectivity index (χ0n) is 25.8. The first-order valence-corrected chi connectivity index (χ1v) is 15.1. The van der Waals surface area contributed by atoms with Gasteiger partial charge in [-0.25, -0.2) is 4.39 Å². The summed E-state index contributed by atoms with van der Waals surface area (Å²) in [6, 6.07) is 14.2. The molecule has 9 nitrogen and oxygen atoms in total. The van der Waals surface area contributed by atoms with Crippen molar-refractivity contribution in [3.8, 4) is 0 Å². The van der Waals surface area contributed by atoms with E-state index < -0.39 is 41.5 Å². The Balaban J connectivity index is 1.34. The van der Waals surface area contributed by atoms with Crippen LogP contribution in [0.25, 0.3) is 0 Å². The first-order chi connectivity index (χ1) is 21.4. The van der Waals surface area contributed by atoms with Crippen LogP contribution in [0, 0.1) is 19.7 Å². The SMILES string of the molecule is Cc1cc(CNC(=O)CC(Cc2ccccc2)Nc2cc3c(cc2F)C(=O)N(C2CCC(=O)NC2=O)C3=O)cc(C(C)C)c1C. The van der Waals surface area contributed by atoms with Crippen molar-refractivity contribution in [2.75, 3.05) is 5.32 Å². The highest BCUT2D eigenvalue weighted by molar-refractivity contribution is 6.23. The number of amides is 5. The number of hydrogen-bond donors (Lipinski definition) is 3. The summed E-state index contributed by atoms with van der Waals surface area (Å²) in [6.45, 7) is 8.77. The van der Waals surface area contributed by atoms with Gasteiger partial charge in [-0.1, -0.05) is 56.3 Å². The van der Waals surface area contributed by atoms with Gasteiger partial charge in [0.1, 0.15) is 11.9 Å². The first-order valence-electron chi connectivity index (χ1n) is 15.1. The molecule has 10 heteroatoms. The van der Waals surface area contributed by atoms with Crippen LogP contribution in [-0.4, -0.2) is 46.5 Å². The molecule has 2 heterocycles. The molecule has 2 aliphatic rings. The second-order valence-corrected chi connectivity index (χ2v) is 12.1. The molecule has 3 aromatic rings. The number of carbonyl (C=O) groups excluding carboxylic acids is 5. The summed E-state index contributed by atoms with van der Waals surface area (Å²) in [6.07, 6.45) is 0.388. The molecule has 5 rings (SSSR count). The number of carbonyl (C=O) groups is 5. The van der Waals surface area contributed by atoms with E-state index in [-0.39, 0.29) is 42.0 Å². The highest BCUT2D eigenvalue weighted by atomic mass is 19.1. The Bertz CT molecular complexity index is 1690. The number of nitrogens with one attached hydrogen (secondary N) is 3. The van der Waals surface area contributed by atoms with Crippen LogP contribution in [0.3, 0.4) is 0 Å². The number of piperidine rings is 1. The van der Waals surface area contributed by atoms with Crippen molar-refractivity contribution in [1.29, 1.82) is 0 Å². The van der Waals surface area contributed by atoms with E-state index in [0.29, 0.717) is 18.9 Å². The summed E-state index contributed by atoms with van der Waals surface area (Å²) in [7, 11) is 0. The molecular weight excluding hydrogens is 575 g/mol. The molecule has 0 spiro atoms. The van der Waals surface area contributed by atoms with Crippen LogP contribution in [0.5, 0.6) is 0 Å². The smallest absolute Gasteiger partial charge is 0.262 e. The minimum Gasteiger partial charge on any atom is -0.379 e. The summed E-state index contributed by atoms with van der Waals surface area (Å²) in [5.74, 6) is -3.40. The van der Waals surface area contributed by atoms with Crippen molar-refractivity contribution in [3.63, 3.8) is 0 Å². The van der Waals surface area contributed by atoms with Crippen LogP contribution in [0.4, 0.5) is 10.1 Å². The number of nitrogens with zero attached hydrogens (tertiary/aromatic N) is 1. The van der Waals surface area contributed by atoms with Gasteiger partial charge in [-0.3, -0.25) is 34.2 Å². The Morgan fingerprint density at radius 2 is 1.67 bits per heavy atom. The molecule has 3 N–H and O–H groups in total. The molecule has 5 amide bonds. The molecule has 3 aromatic carbocycles. The van der Waals surface area contributed by atoms with Crippen LogP contribution in [-0.2, 0) is 27.3 Å². The number of imide groups is 2. The zero-order valence-corrected chi connectivity index (χ0v) is 25.8. The zero-order chi connectivity index (χ0) is 32.4. The Morgan fingerprint density at radius 1 is 0.978 bits per heavy atom. The lowest BCUT2D eigenvalue weighted by atomic mass is 9.92.